The van der Waals surface area contributed by atoms with Crippen molar-refractivity contribution in [3.63, 3.8) is 0 Å². The standard InChI is InChI=1S/C52H59N4O2.Pt/c1-30-20-18-21-31(2)40(30)43-47(54-46-41-42(51(12,13)52(14,15)56(43)46)37(49(6,7)8)29-38(44(41)57)50(9,10)11)58-34-27-32(48(3,4)5)26-33(28-34)55-39-24-17-16-22-35(39)36-23-19-25-53-45(36)55;/h16-27,29,57H,1-15H3;/q-1;. The summed E-state index contributed by atoms with van der Waals surface area (Å²) in [5, 5.41) is 14.8. The molecule has 1 aliphatic heterocycles. The van der Waals surface area contributed by atoms with Crippen LogP contribution in [-0.2, 0) is 48.3 Å². The number of phenols is 1. The molecule has 59 heavy (non-hydrogen) atoms. The Morgan fingerprint density at radius 2 is 1.34 bits per heavy atom. The fourth-order valence-electron chi connectivity index (χ4n) is 9.16. The average Bonchev–Trinajstić information content (AvgIpc) is 3.65. The average molecular weight is 967 g/mol. The zero-order valence-corrected chi connectivity index (χ0v) is 39.7. The molecule has 6 nitrogen and oxygen atoms in total. The normalized spacial score (nSPS) is 14.9. The van der Waals surface area contributed by atoms with Crippen molar-refractivity contribution in [3.8, 4) is 45.7 Å². The predicted octanol–water partition coefficient (Wildman–Crippen LogP) is 13.5. The van der Waals surface area contributed by atoms with E-state index in [2.05, 4.69) is 186 Å². The summed E-state index contributed by atoms with van der Waals surface area (Å²) in [5.74, 6) is 2.04. The third-order valence-electron chi connectivity index (χ3n) is 13.0. The van der Waals surface area contributed by atoms with Crippen LogP contribution in [0, 0.1) is 19.9 Å². The van der Waals surface area contributed by atoms with Crippen LogP contribution in [0.5, 0.6) is 17.4 Å². The predicted molar refractivity (Wildman–Crippen MR) is 240 cm³/mol. The molecule has 7 heteroatoms. The van der Waals surface area contributed by atoms with Crippen LogP contribution in [0.2, 0.25) is 0 Å². The number of benzene rings is 4. The molecule has 8 rings (SSSR count). The van der Waals surface area contributed by atoms with Gasteiger partial charge in [0.15, 0.2) is 0 Å². The van der Waals surface area contributed by atoms with Crippen LogP contribution >= 0.6 is 0 Å². The van der Waals surface area contributed by atoms with Crippen LogP contribution < -0.4 is 4.74 Å². The van der Waals surface area contributed by atoms with Gasteiger partial charge < -0.3 is 19.0 Å². The van der Waals surface area contributed by atoms with Crippen LogP contribution in [0.4, 0.5) is 0 Å². The van der Waals surface area contributed by atoms with E-state index in [9.17, 15) is 5.11 Å². The van der Waals surface area contributed by atoms with Gasteiger partial charge in [0.25, 0.3) is 0 Å². The third-order valence-corrected chi connectivity index (χ3v) is 13.0. The Morgan fingerprint density at radius 1 is 0.712 bits per heavy atom. The number of pyridine rings is 1. The molecule has 0 amide bonds. The molecule has 4 heterocycles. The maximum atomic E-state index is 12.6. The van der Waals surface area contributed by atoms with Gasteiger partial charge in [-0.2, -0.15) is 4.98 Å². The summed E-state index contributed by atoms with van der Waals surface area (Å²) >= 11 is 0. The quantitative estimate of drug-likeness (QED) is 0.179. The van der Waals surface area contributed by atoms with Crippen molar-refractivity contribution in [2.24, 2.45) is 0 Å². The van der Waals surface area contributed by atoms with E-state index in [-0.39, 0.29) is 43.1 Å². The molecule has 1 aliphatic rings. The molecule has 4 aromatic carbocycles. The molecule has 0 fully saturated rings. The first-order valence-electron chi connectivity index (χ1n) is 20.7. The van der Waals surface area contributed by atoms with E-state index >= 15 is 0 Å². The minimum atomic E-state index is -0.513. The summed E-state index contributed by atoms with van der Waals surface area (Å²) in [7, 11) is 0. The maximum absolute atomic E-state index is 12.6. The monoisotopic (exact) mass is 966 g/mol. The van der Waals surface area contributed by atoms with Crippen LogP contribution in [0.15, 0.2) is 79.0 Å². The topological polar surface area (TPSA) is 65.1 Å². The number of fused-ring (bicyclic) bond motifs is 6. The summed E-state index contributed by atoms with van der Waals surface area (Å²) in [6.45, 7) is 33.6. The third kappa shape index (κ3) is 6.56. The molecule has 0 radical (unpaired) electrons. The fourth-order valence-corrected chi connectivity index (χ4v) is 9.16. The molecule has 1 N–H and O–H groups in total. The van der Waals surface area contributed by atoms with Crippen molar-refractivity contribution in [1.29, 1.82) is 0 Å². The number of imidazole rings is 1. The number of aryl methyl sites for hydroxylation is 2. The summed E-state index contributed by atoms with van der Waals surface area (Å²) in [6.07, 6.45) is 1.85. The molecule has 0 atom stereocenters. The van der Waals surface area contributed by atoms with Gasteiger partial charge in [-0.3, -0.25) is 0 Å². The van der Waals surface area contributed by atoms with Gasteiger partial charge in [0.1, 0.15) is 22.9 Å². The number of nitrogens with zero attached hydrogens (tertiary/aromatic N) is 4. The van der Waals surface area contributed by atoms with Gasteiger partial charge in [-0.05, 0) is 84.4 Å². The molecule has 0 spiro atoms. The largest absolute Gasteiger partial charge is 0.507 e. The van der Waals surface area contributed by atoms with Crippen molar-refractivity contribution >= 4 is 21.9 Å². The van der Waals surface area contributed by atoms with Gasteiger partial charge in [0.05, 0.1) is 16.6 Å². The summed E-state index contributed by atoms with van der Waals surface area (Å²) in [6, 6.07) is 29.3. The number of para-hydroxylation sites is 1. The first kappa shape index (κ1) is 42.5. The van der Waals surface area contributed by atoms with E-state index in [1.807, 2.05) is 12.3 Å². The fraction of sp³-hybridized carbons (Fsp3) is 0.385. The van der Waals surface area contributed by atoms with E-state index in [4.69, 9.17) is 14.7 Å². The Hall–Kier alpha value is -4.67. The zero-order chi connectivity index (χ0) is 42.1. The smallest absolute Gasteiger partial charge is 0.244 e. The number of hydrogen-bond donors (Lipinski definition) is 1. The minimum Gasteiger partial charge on any atom is -0.507 e. The van der Waals surface area contributed by atoms with Gasteiger partial charge >= 0.3 is 0 Å². The van der Waals surface area contributed by atoms with E-state index in [0.29, 0.717) is 17.5 Å². The molecule has 310 valence electrons. The van der Waals surface area contributed by atoms with E-state index in [1.54, 1.807) is 0 Å². The van der Waals surface area contributed by atoms with Crippen LogP contribution in [0.25, 0.3) is 50.3 Å². The number of rotatable bonds is 4. The number of phenolic OH excluding ortho intramolecular Hbond substituents is 1. The first-order chi connectivity index (χ1) is 26.9. The van der Waals surface area contributed by atoms with E-state index in [0.717, 1.165) is 72.3 Å². The molecular formula is C52H59N4O2Pt-. The van der Waals surface area contributed by atoms with Crippen LogP contribution in [0.3, 0.4) is 0 Å². The van der Waals surface area contributed by atoms with Crippen LogP contribution in [0.1, 0.15) is 123 Å². The van der Waals surface area contributed by atoms with Crippen molar-refractivity contribution in [1.82, 2.24) is 19.1 Å². The van der Waals surface area contributed by atoms with Crippen molar-refractivity contribution in [2.75, 3.05) is 0 Å². The summed E-state index contributed by atoms with van der Waals surface area (Å²) in [5.41, 5.74) is 10.5. The number of hydrogen-bond acceptors (Lipinski definition) is 4. The van der Waals surface area contributed by atoms with Crippen LogP contribution in [-0.4, -0.2) is 24.2 Å². The van der Waals surface area contributed by atoms with Gasteiger partial charge in [-0.1, -0.05) is 124 Å². The molecule has 0 aliphatic carbocycles. The molecule has 3 aromatic heterocycles. The molecule has 0 saturated heterocycles. The Bertz CT molecular complexity index is 2720. The number of aromatic hydroxyl groups is 1. The summed E-state index contributed by atoms with van der Waals surface area (Å²) < 4.78 is 11.8. The molecule has 0 saturated carbocycles. The molecule has 0 unspecified atom stereocenters. The Kier molecular flexibility index (Phi) is 10.0. The van der Waals surface area contributed by atoms with Gasteiger partial charge in [0, 0.05) is 60.3 Å². The van der Waals surface area contributed by atoms with Crippen molar-refractivity contribution in [2.45, 2.75) is 131 Å². The number of aromatic nitrogens is 4. The molecular weight excluding hydrogens is 908 g/mol. The van der Waals surface area contributed by atoms with Gasteiger partial charge in [0.2, 0.25) is 5.88 Å². The minimum absolute atomic E-state index is 0. The number of ether oxygens (including phenoxy) is 1. The second kappa shape index (κ2) is 13.9. The van der Waals surface area contributed by atoms with Gasteiger partial charge in [-0.25, -0.2) is 4.98 Å². The Balaban J connectivity index is 0.00000528. The zero-order valence-electron chi connectivity index (χ0n) is 37.5. The Labute approximate surface area is 365 Å². The first-order valence-corrected chi connectivity index (χ1v) is 20.7. The van der Waals surface area contributed by atoms with Crippen molar-refractivity contribution in [3.05, 3.63) is 118 Å². The van der Waals surface area contributed by atoms with Crippen molar-refractivity contribution < 1.29 is 30.9 Å². The molecule has 0 bridgehead atoms. The SMILES string of the molecule is Cc1cccc(C)c1-c1c(Oc2[c-]c(-n3c4ccccc4c4cccnc43)cc(C(C)(C)C)c2)nc2n1C(C)(C)C(C)(C)c1c(C(C)(C)C)cc(C(C)(C)C)c(O)c1-2.[Pt]. The summed E-state index contributed by atoms with van der Waals surface area (Å²) in [4.78, 5) is 10.4. The van der Waals surface area contributed by atoms with Gasteiger partial charge in [-0.15, -0.1) is 23.8 Å². The molecule has 7 aromatic rings. The Morgan fingerprint density at radius 3 is 1.97 bits per heavy atom. The van der Waals surface area contributed by atoms with E-state index in [1.165, 1.54) is 5.56 Å². The van der Waals surface area contributed by atoms with E-state index < -0.39 is 11.0 Å². The second-order valence-corrected chi connectivity index (χ2v) is 20.6. The second-order valence-electron chi connectivity index (χ2n) is 20.6. The maximum Gasteiger partial charge on any atom is 0.244 e.